The molecule has 0 atom stereocenters. The minimum atomic E-state index is 0.226. The first-order valence-electron chi connectivity index (χ1n) is 7.24. The number of para-hydroxylation sites is 2. The molecule has 0 spiro atoms. The number of nitriles is 1. The molecule has 6 heteroatoms. The molecule has 0 saturated carbocycles. The molecule has 25 heavy (non-hydrogen) atoms. The van der Waals surface area contributed by atoms with Gasteiger partial charge in [-0.1, -0.05) is 18.1 Å². The molecule has 0 aliphatic heterocycles. The molecule has 1 heterocycles. The van der Waals surface area contributed by atoms with Crippen LogP contribution in [-0.4, -0.2) is 16.6 Å². The lowest BCUT2D eigenvalue weighted by atomic mass is 10.1. The lowest BCUT2D eigenvalue weighted by Crippen LogP contribution is -1.98. The minimum Gasteiger partial charge on any atom is -0.479 e. The van der Waals surface area contributed by atoms with Crippen LogP contribution in [0.25, 0.3) is 22.7 Å². The third-order valence-electron chi connectivity index (χ3n) is 3.40. The van der Waals surface area contributed by atoms with Crippen molar-refractivity contribution in [3.05, 3.63) is 54.9 Å². The Bertz CT molecular complexity index is 998. The normalized spacial score (nSPS) is 11.1. The van der Waals surface area contributed by atoms with Gasteiger partial charge in [0.1, 0.15) is 24.3 Å². The molecule has 0 unspecified atom stereocenters. The average Bonchev–Trinajstić information content (AvgIpc) is 3.03. The number of imidazole rings is 1. The van der Waals surface area contributed by atoms with E-state index >= 15 is 0 Å². The second-order valence-electron chi connectivity index (χ2n) is 5.08. The van der Waals surface area contributed by atoms with E-state index in [-0.39, 0.29) is 6.61 Å². The number of ether oxygens (including phenoxy) is 1. The fraction of sp³-hybridized carbons (Fsp3) is 0.0526. The van der Waals surface area contributed by atoms with Gasteiger partial charge < -0.3 is 9.72 Å². The molecule has 0 amide bonds. The number of aromatic amines is 1. The molecule has 0 aliphatic rings. The highest BCUT2D eigenvalue weighted by molar-refractivity contribution is 14.1. The summed E-state index contributed by atoms with van der Waals surface area (Å²) in [5.41, 5.74) is 3.11. The number of benzene rings is 2. The highest BCUT2D eigenvalue weighted by Crippen LogP contribution is 2.30. The zero-order valence-corrected chi connectivity index (χ0v) is 17.2. The fourth-order valence-electron chi connectivity index (χ4n) is 2.32. The van der Waals surface area contributed by atoms with Gasteiger partial charge in [0.15, 0.2) is 0 Å². The highest BCUT2D eigenvalue weighted by Gasteiger charge is 2.11. The first-order chi connectivity index (χ1) is 12.1. The lowest BCUT2D eigenvalue weighted by Gasteiger charge is -2.09. The van der Waals surface area contributed by atoms with Crippen LogP contribution in [-0.2, 0) is 0 Å². The number of nitrogens with one attached hydrogen (secondary N) is 1. The van der Waals surface area contributed by atoms with Gasteiger partial charge in [-0.25, -0.2) is 4.98 Å². The van der Waals surface area contributed by atoms with Crippen LogP contribution >= 0.6 is 45.2 Å². The molecule has 1 N–H and O–H groups in total. The summed E-state index contributed by atoms with van der Waals surface area (Å²) < 4.78 is 7.45. The van der Waals surface area contributed by atoms with E-state index in [1.54, 1.807) is 0 Å². The van der Waals surface area contributed by atoms with Crippen LogP contribution in [0.2, 0.25) is 0 Å². The SMILES string of the molecule is C#CCOc1c(I)cc(/C=C(\C#N)c2nc3ccccc3[nH]2)cc1I. The van der Waals surface area contributed by atoms with E-state index in [0.29, 0.717) is 11.4 Å². The molecule has 1 aromatic heterocycles. The molecule has 3 rings (SSSR count). The summed E-state index contributed by atoms with van der Waals surface area (Å²) in [6, 6.07) is 13.8. The van der Waals surface area contributed by atoms with Gasteiger partial charge in [0.05, 0.1) is 23.7 Å². The number of allylic oxidation sites excluding steroid dienone is 1. The number of hydrogen-bond donors (Lipinski definition) is 1. The van der Waals surface area contributed by atoms with Gasteiger partial charge in [-0.3, -0.25) is 0 Å². The van der Waals surface area contributed by atoms with E-state index in [4.69, 9.17) is 11.2 Å². The maximum Gasteiger partial charge on any atom is 0.149 e. The Kier molecular flexibility index (Phi) is 5.61. The molecule has 0 bridgehead atoms. The van der Waals surface area contributed by atoms with Crippen molar-refractivity contribution in [2.24, 2.45) is 0 Å². The van der Waals surface area contributed by atoms with E-state index in [9.17, 15) is 5.26 Å². The Morgan fingerprint density at radius 1 is 1.28 bits per heavy atom. The Balaban J connectivity index is 2.00. The molecule has 3 aromatic rings. The quantitative estimate of drug-likeness (QED) is 0.287. The van der Waals surface area contributed by atoms with Gasteiger partial charge in [0, 0.05) is 0 Å². The monoisotopic (exact) mass is 551 g/mol. The molecular weight excluding hydrogens is 540 g/mol. The smallest absolute Gasteiger partial charge is 0.149 e. The predicted octanol–water partition coefficient (Wildman–Crippen LogP) is 4.85. The summed E-state index contributed by atoms with van der Waals surface area (Å²) in [6.45, 7) is 0.226. The standard InChI is InChI=1S/C19H11I2N3O/c1-2-7-25-18-14(20)9-12(10-15(18)21)8-13(11-22)19-23-16-5-3-4-6-17(16)24-19/h1,3-6,8-10H,7H2,(H,23,24)/b13-8+. The second kappa shape index (κ2) is 7.89. The van der Waals surface area contributed by atoms with Crippen LogP contribution in [0.3, 0.4) is 0 Å². The van der Waals surface area contributed by atoms with Crippen LogP contribution in [0.15, 0.2) is 36.4 Å². The molecule has 4 nitrogen and oxygen atoms in total. The van der Waals surface area contributed by atoms with Crippen molar-refractivity contribution < 1.29 is 4.74 Å². The predicted molar refractivity (Wildman–Crippen MR) is 116 cm³/mol. The van der Waals surface area contributed by atoms with Crippen molar-refractivity contribution in [3.8, 4) is 24.2 Å². The van der Waals surface area contributed by atoms with E-state index < -0.39 is 0 Å². The van der Waals surface area contributed by atoms with Crippen molar-refractivity contribution in [2.75, 3.05) is 6.61 Å². The number of terminal acetylenes is 1. The van der Waals surface area contributed by atoms with Gasteiger partial charge in [0.25, 0.3) is 0 Å². The second-order valence-corrected chi connectivity index (χ2v) is 7.40. The summed E-state index contributed by atoms with van der Waals surface area (Å²) in [6.07, 6.45) is 7.06. The van der Waals surface area contributed by atoms with Crippen molar-refractivity contribution in [2.45, 2.75) is 0 Å². The molecule has 0 saturated heterocycles. The van der Waals surface area contributed by atoms with E-state index in [1.807, 2.05) is 42.5 Å². The molecule has 122 valence electrons. The van der Waals surface area contributed by atoms with Crippen molar-refractivity contribution in [3.63, 3.8) is 0 Å². The number of H-pyrrole nitrogens is 1. The fourth-order valence-corrected chi connectivity index (χ4v) is 4.44. The van der Waals surface area contributed by atoms with E-state index in [0.717, 1.165) is 29.5 Å². The van der Waals surface area contributed by atoms with Crippen molar-refractivity contribution in [1.82, 2.24) is 9.97 Å². The van der Waals surface area contributed by atoms with E-state index in [1.165, 1.54) is 0 Å². The van der Waals surface area contributed by atoms with Crippen LogP contribution in [0.5, 0.6) is 5.75 Å². The number of halogens is 2. The minimum absolute atomic E-state index is 0.226. The van der Waals surface area contributed by atoms with Gasteiger partial charge in [0.2, 0.25) is 0 Å². The highest BCUT2D eigenvalue weighted by atomic mass is 127. The zero-order chi connectivity index (χ0) is 17.8. The molecule has 0 radical (unpaired) electrons. The van der Waals surface area contributed by atoms with Crippen LogP contribution < -0.4 is 4.74 Å². The van der Waals surface area contributed by atoms with Crippen molar-refractivity contribution in [1.29, 1.82) is 5.26 Å². The summed E-state index contributed by atoms with van der Waals surface area (Å²) in [5.74, 6) is 3.78. The Morgan fingerprint density at radius 3 is 2.64 bits per heavy atom. The van der Waals surface area contributed by atoms with Crippen molar-refractivity contribution >= 4 is 67.9 Å². The van der Waals surface area contributed by atoms with Gasteiger partial charge in [-0.05, 0) is 81.1 Å². The maximum atomic E-state index is 9.55. The van der Waals surface area contributed by atoms with Gasteiger partial charge >= 0.3 is 0 Å². The number of nitrogens with zero attached hydrogens (tertiary/aromatic N) is 2. The number of fused-ring (bicyclic) bond motifs is 1. The zero-order valence-electron chi connectivity index (χ0n) is 12.9. The largest absolute Gasteiger partial charge is 0.479 e. The van der Waals surface area contributed by atoms with Gasteiger partial charge in [-0.15, -0.1) is 6.42 Å². The van der Waals surface area contributed by atoms with Gasteiger partial charge in [-0.2, -0.15) is 5.26 Å². The topological polar surface area (TPSA) is 61.7 Å². The average molecular weight is 551 g/mol. The number of aromatic nitrogens is 2. The van der Waals surface area contributed by atoms with E-state index in [2.05, 4.69) is 67.1 Å². The first-order valence-corrected chi connectivity index (χ1v) is 9.40. The summed E-state index contributed by atoms with van der Waals surface area (Å²) in [5, 5.41) is 9.55. The number of hydrogen-bond acceptors (Lipinski definition) is 3. The Hall–Kier alpha value is -2.04. The van der Waals surface area contributed by atoms with Crippen LogP contribution in [0.1, 0.15) is 11.4 Å². The first kappa shape index (κ1) is 17.8. The summed E-state index contributed by atoms with van der Waals surface area (Å²) in [4.78, 5) is 7.67. The summed E-state index contributed by atoms with van der Waals surface area (Å²) >= 11 is 4.40. The third kappa shape index (κ3) is 3.97. The molecular formula is C19H11I2N3O. The Morgan fingerprint density at radius 2 is 2.00 bits per heavy atom. The maximum absolute atomic E-state index is 9.55. The summed E-state index contributed by atoms with van der Waals surface area (Å²) in [7, 11) is 0. The third-order valence-corrected chi connectivity index (χ3v) is 5.00. The van der Waals surface area contributed by atoms with Crippen LogP contribution in [0, 0.1) is 30.8 Å². The lowest BCUT2D eigenvalue weighted by molar-refractivity contribution is 0.365. The molecule has 2 aromatic carbocycles. The number of rotatable bonds is 4. The van der Waals surface area contributed by atoms with Crippen LogP contribution in [0.4, 0.5) is 0 Å². The molecule has 0 fully saturated rings. The molecule has 0 aliphatic carbocycles. The Labute approximate surface area is 172 Å².